The van der Waals surface area contributed by atoms with Crippen LogP contribution in [-0.2, 0) is 10.0 Å². The second-order valence-electron chi connectivity index (χ2n) is 5.65. The number of hydrogen-bond acceptors (Lipinski definition) is 3. The molecule has 1 fully saturated rings. The Labute approximate surface area is 117 Å². The number of rotatable bonds is 5. The quantitative estimate of drug-likeness (QED) is 0.820. The van der Waals surface area contributed by atoms with E-state index in [-0.39, 0.29) is 12.0 Å². The molecule has 4 nitrogen and oxygen atoms in total. The number of benzene rings is 1. The number of sulfonamides is 1. The zero-order valence-electron chi connectivity index (χ0n) is 11.4. The van der Waals surface area contributed by atoms with Gasteiger partial charge in [-0.1, -0.05) is 13.8 Å². The number of nitrogens with one attached hydrogen (secondary N) is 1. The van der Waals surface area contributed by atoms with Crippen molar-refractivity contribution in [3.8, 4) is 0 Å². The van der Waals surface area contributed by atoms with E-state index in [9.17, 15) is 17.2 Å². The first-order chi connectivity index (χ1) is 9.18. The SMILES string of the molecule is CC(C)C1(CNS(=O)(=O)c2cc(N)c(F)cc2F)CC1. The molecule has 0 aromatic heterocycles. The molecule has 0 heterocycles. The van der Waals surface area contributed by atoms with E-state index in [1.165, 1.54) is 0 Å². The molecule has 1 aromatic rings. The van der Waals surface area contributed by atoms with Gasteiger partial charge in [0.05, 0.1) is 5.69 Å². The van der Waals surface area contributed by atoms with Gasteiger partial charge in [0.15, 0.2) is 0 Å². The maximum atomic E-state index is 13.6. The summed E-state index contributed by atoms with van der Waals surface area (Å²) in [5.41, 5.74) is 4.86. The van der Waals surface area contributed by atoms with Crippen molar-refractivity contribution in [1.82, 2.24) is 4.72 Å². The molecule has 3 N–H and O–H groups in total. The molecule has 0 aliphatic heterocycles. The summed E-state index contributed by atoms with van der Waals surface area (Å²) >= 11 is 0. The molecule has 0 unspecified atom stereocenters. The molecular weight excluding hydrogens is 286 g/mol. The third-order valence-corrected chi connectivity index (χ3v) is 5.49. The van der Waals surface area contributed by atoms with Gasteiger partial charge in [-0.3, -0.25) is 0 Å². The fraction of sp³-hybridized carbons (Fsp3) is 0.538. The highest BCUT2D eigenvalue weighted by molar-refractivity contribution is 7.89. The predicted octanol–water partition coefficient (Wildman–Crippen LogP) is 2.26. The first-order valence-corrected chi connectivity index (χ1v) is 7.90. The van der Waals surface area contributed by atoms with Crippen LogP contribution in [0.1, 0.15) is 26.7 Å². The van der Waals surface area contributed by atoms with Crippen LogP contribution in [0.4, 0.5) is 14.5 Å². The minimum absolute atomic E-state index is 0.0465. The average molecular weight is 304 g/mol. The lowest BCUT2D eigenvalue weighted by molar-refractivity contribution is 0.357. The minimum Gasteiger partial charge on any atom is -0.396 e. The summed E-state index contributed by atoms with van der Waals surface area (Å²) < 4.78 is 53.2. The van der Waals surface area contributed by atoms with E-state index in [1.54, 1.807) is 0 Å². The molecule has 20 heavy (non-hydrogen) atoms. The van der Waals surface area contributed by atoms with Crippen LogP contribution in [0.25, 0.3) is 0 Å². The van der Waals surface area contributed by atoms with Gasteiger partial charge in [-0.2, -0.15) is 0 Å². The van der Waals surface area contributed by atoms with Gasteiger partial charge in [-0.05, 0) is 30.2 Å². The third-order valence-electron chi connectivity index (χ3n) is 4.07. The fourth-order valence-corrected chi connectivity index (χ4v) is 3.42. The molecule has 2 rings (SSSR count). The summed E-state index contributed by atoms with van der Waals surface area (Å²) in [7, 11) is -4.03. The van der Waals surface area contributed by atoms with Crippen LogP contribution in [0, 0.1) is 23.0 Å². The Kier molecular flexibility index (Phi) is 3.77. The van der Waals surface area contributed by atoms with Gasteiger partial charge in [0.2, 0.25) is 10.0 Å². The zero-order chi connectivity index (χ0) is 15.1. The lowest BCUT2D eigenvalue weighted by Crippen LogP contribution is -2.33. The van der Waals surface area contributed by atoms with Crippen LogP contribution in [0.3, 0.4) is 0 Å². The van der Waals surface area contributed by atoms with Gasteiger partial charge >= 0.3 is 0 Å². The Bertz CT molecular complexity index is 626. The zero-order valence-corrected chi connectivity index (χ0v) is 12.2. The third kappa shape index (κ3) is 2.78. The molecule has 0 atom stereocenters. The van der Waals surface area contributed by atoms with Gasteiger partial charge in [0.1, 0.15) is 16.5 Å². The maximum absolute atomic E-state index is 13.6. The van der Waals surface area contributed by atoms with E-state index in [4.69, 9.17) is 5.73 Å². The Morgan fingerprint density at radius 2 is 1.90 bits per heavy atom. The molecule has 112 valence electrons. The van der Waals surface area contributed by atoms with Crippen LogP contribution < -0.4 is 10.5 Å². The van der Waals surface area contributed by atoms with Gasteiger partial charge < -0.3 is 5.73 Å². The van der Waals surface area contributed by atoms with E-state index in [2.05, 4.69) is 4.72 Å². The van der Waals surface area contributed by atoms with Gasteiger partial charge in [-0.15, -0.1) is 0 Å². The van der Waals surface area contributed by atoms with Crippen LogP contribution in [0.2, 0.25) is 0 Å². The van der Waals surface area contributed by atoms with Crippen LogP contribution in [0.5, 0.6) is 0 Å². The van der Waals surface area contributed by atoms with Crippen molar-refractivity contribution in [2.45, 2.75) is 31.6 Å². The van der Waals surface area contributed by atoms with Crippen LogP contribution in [0.15, 0.2) is 17.0 Å². The normalized spacial score (nSPS) is 17.4. The smallest absolute Gasteiger partial charge is 0.243 e. The van der Waals surface area contributed by atoms with E-state index >= 15 is 0 Å². The van der Waals surface area contributed by atoms with Crippen LogP contribution in [-0.4, -0.2) is 15.0 Å². The highest BCUT2D eigenvalue weighted by Crippen LogP contribution is 2.51. The molecule has 1 aliphatic carbocycles. The summed E-state index contributed by atoms with van der Waals surface area (Å²) in [6.07, 6.45) is 1.89. The molecule has 0 spiro atoms. The monoisotopic (exact) mass is 304 g/mol. The number of nitrogen functional groups attached to an aromatic ring is 1. The summed E-state index contributed by atoms with van der Waals surface area (Å²) in [6, 6.07) is 1.29. The van der Waals surface area contributed by atoms with Crippen LogP contribution >= 0.6 is 0 Å². The lowest BCUT2D eigenvalue weighted by Gasteiger charge is -2.20. The second-order valence-corrected chi connectivity index (χ2v) is 7.38. The number of hydrogen-bond donors (Lipinski definition) is 2. The predicted molar refractivity (Wildman–Crippen MR) is 72.5 cm³/mol. The molecule has 1 aliphatic rings. The van der Waals surface area contributed by atoms with Gasteiger partial charge in [-0.25, -0.2) is 21.9 Å². The summed E-state index contributed by atoms with van der Waals surface area (Å²) in [6.45, 7) is 4.30. The van der Waals surface area contributed by atoms with Crippen molar-refractivity contribution in [2.24, 2.45) is 11.3 Å². The highest BCUT2D eigenvalue weighted by Gasteiger charge is 2.45. The summed E-state index contributed by atoms with van der Waals surface area (Å²) in [5.74, 6) is -1.77. The standard InChI is InChI=1S/C13H18F2N2O2S/c1-8(2)13(3-4-13)7-17-20(18,19)12-6-11(16)9(14)5-10(12)15/h5-6,8,17H,3-4,7,16H2,1-2H3. The van der Waals surface area contributed by atoms with Crippen molar-refractivity contribution in [2.75, 3.05) is 12.3 Å². The van der Waals surface area contributed by atoms with E-state index < -0.39 is 32.2 Å². The molecule has 1 saturated carbocycles. The van der Waals surface area contributed by atoms with Crippen molar-refractivity contribution < 1.29 is 17.2 Å². The molecule has 7 heteroatoms. The first-order valence-electron chi connectivity index (χ1n) is 6.42. The van der Waals surface area contributed by atoms with E-state index in [0.29, 0.717) is 12.0 Å². The first kappa shape index (κ1) is 15.2. The second kappa shape index (κ2) is 4.96. The van der Waals surface area contributed by atoms with Crippen molar-refractivity contribution >= 4 is 15.7 Å². The topological polar surface area (TPSA) is 72.2 Å². The van der Waals surface area contributed by atoms with E-state index in [0.717, 1.165) is 18.9 Å². The average Bonchev–Trinajstić information content (AvgIpc) is 3.12. The molecular formula is C13H18F2N2O2S. The maximum Gasteiger partial charge on any atom is 0.243 e. The highest BCUT2D eigenvalue weighted by atomic mass is 32.2. The minimum atomic E-state index is -4.03. The summed E-state index contributed by atoms with van der Waals surface area (Å²) in [4.78, 5) is -0.615. The fourth-order valence-electron chi connectivity index (χ4n) is 2.19. The molecule has 0 bridgehead atoms. The lowest BCUT2D eigenvalue weighted by atomic mass is 9.93. The Morgan fingerprint density at radius 1 is 1.30 bits per heavy atom. The van der Waals surface area contributed by atoms with Gasteiger partial charge in [0, 0.05) is 12.6 Å². The van der Waals surface area contributed by atoms with Crippen molar-refractivity contribution in [1.29, 1.82) is 0 Å². The summed E-state index contributed by atoms with van der Waals surface area (Å²) in [5, 5.41) is 0. The number of anilines is 1. The molecule has 0 radical (unpaired) electrons. The molecule has 0 amide bonds. The van der Waals surface area contributed by atoms with E-state index in [1.807, 2.05) is 13.8 Å². The number of nitrogens with two attached hydrogens (primary N) is 1. The Hall–Kier alpha value is -1.21. The Balaban J connectivity index is 2.21. The van der Waals surface area contributed by atoms with Crippen molar-refractivity contribution in [3.05, 3.63) is 23.8 Å². The number of halogens is 2. The Morgan fingerprint density at radius 3 is 2.40 bits per heavy atom. The van der Waals surface area contributed by atoms with Gasteiger partial charge in [0.25, 0.3) is 0 Å². The molecule has 1 aromatic carbocycles. The molecule has 0 saturated heterocycles. The van der Waals surface area contributed by atoms with Crippen molar-refractivity contribution in [3.63, 3.8) is 0 Å². The largest absolute Gasteiger partial charge is 0.396 e.